The highest BCUT2D eigenvalue weighted by atomic mass is 32.2. The van der Waals surface area contributed by atoms with E-state index in [1.807, 2.05) is 34.9 Å². The van der Waals surface area contributed by atoms with Crippen molar-refractivity contribution in [1.29, 1.82) is 0 Å². The Morgan fingerprint density at radius 2 is 1.75 bits per heavy atom. The van der Waals surface area contributed by atoms with Crippen LogP contribution in [0.4, 0.5) is 0 Å². The van der Waals surface area contributed by atoms with Crippen LogP contribution in [0.15, 0.2) is 48.5 Å². The van der Waals surface area contributed by atoms with E-state index in [9.17, 15) is 4.79 Å². The Labute approximate surface area is 192 Å². The number of thioether (sulfide) groups is 1. The van der Waals surface area contributed by atoms with Gasteiger partial charge in [-0.15, -0.1) is 0 Å². The lowest BCUT2D eigenvalue weighted by molar-refractivity contribution is 0.0760. The maximum absolute atomic E-state index is 13.2. The molecule has 0 aliphatic carbocycles. The van der Waals surface area contributed by atoms with Crippen molar-refractivity contribution in [3.8, 4) is 28.5 Å². The molecule has 1 aliphatic heterocycles. The number of nitrogens with zero attached hydrogens (tertiary/aromatic N) is 2. The van der Waals surface area contributed by atoms with Crippen LogP contribution >= 0.6 is 11.8 Å². The molecule has 0 bridgehead atoms. The van der Waals surface area contributed by atoms with Gasteiger partial charge in [0, 0.05) is 29.7 Å². The number of amides is 1. The Morgan fingerprint density at radius 1 is 1.03 bits per heavy atom. The van der Waals surface area contributed by atoms with E-state index in [0.29, 0.717) is 47.0 Å². The molecule has 8 heteroatoms. The van der Waals surface area contributed by atoms with Crippen molar-refractivity contribution in [3.05, 3.63) is 59.8 Å². The van der Waals surface area contributed by atoms with E-state index in [0.717, 1.165) is 17.7 Å². The van der Waals surface area contributed by atoms with Crippen LogP contribution in [0.25, 0.3) is 11.3 Å². The van der Waals surface area contributed by atoms with Gasteiger partial charge in [-0.25, -0.2) is 0 Å². The zero-order valence-corrected chi connectivity index (χ0v) is 19.3. The molecule has 1 aromatic heterocycles. The number of ether oxygens (including phenoxy) is 3. The van der Waals surface area contributed by atoms with Crippen molar-refractivity contribution in [2.75, 3.05) is 40.2 Å². The average Bonchev–Trinajstić information content (AvgIpc) is 3.21. The summed E-state index contributed by atoms with van der Waals surface area (Å²) in [4.78, 5) is 15.1. The Hall–Kier alpha value is -3.13. The summed E-state index contributed by atoms with van der Waals surface area (Å²) in [5.74, 6) is 2.45. The van der Waals surface area contributed by atoms with Gasteiger partial charge < -0.3 is 19.1 Å². The van der Waals surface area contributed by atoms with Crippen LogP contribution in [0, 0.1) is 0 Å². The summed E-state index contributed by atoms with van der Waals surface area (Å²) in [6.45, 7) is 1.43. The van der Waals surface area contributed by atoms with E-state index in [-0.39, 0.29) is 5.91 Å². The third-order valence-corrected chi connectivity index (χ3v) is 6.90. The smallest absolute Gasteiger partial charge is 0.271 e. The number of rotatable bonds is 6. The fraction of sp³-hybridized carbons (Fsp3) is 0.333. The zero-order valence-electron chi connectivity index (χ0n) is 18.5. The van der Waals surface area contributed by atoms with Crippen LogP contribution in [0.3, 0.4) is 0 Å². The van der Waals surface area contributed by atoms with Gasteiger partial charge in [0.1, 0.15) is 5.69 Å². The van der Waals surface area contributed by atoms with E-state index in [1.54, 1.807) is 27.4 Å². The summed E-state index contributed by atoms with van der Waals surface area (Å²) in [7, 11) is 4.70. The second-order valence-corrected chi connectivity index (χ2v) is 8.74. The highest BCUT2D eigenvalue weighted by Gasteiger charge is 2.24. The second-order valence-electron chi connectivity index (χ2n) is 7.43. The summed E-state index contributed by atoms with van der Waals surface area (Å²) in [6, 6.07) is 15.9. The molecule has 0 radical (unpaired) electrons. The molecular weight excluding hydrogens is 426 g/mol. The van der Waals surface area contributed by atoms with E-state index >= 15 is 0 Å². The number of aromatic nitrogens is 2. The Bertz CT molecular complexity index is 1050. The third kappa shape index (κ3) is 4.55. The normalized spacial score (nSPS) is 16.3. The topological polar surface area (TPSA) is 76.7 Å². The number of hydrogen-bond donors (Lipinski definition) is 1. The van der Waals surface area contributed by atoms with Crippen molar-refractivity contribution >= 4 is 17.7 Å². The maximum Gasteiger partial charge on any atom is 0.271 e. The molecule has 1 aliphatic rings. The number of carbonyl (C=O) groups is 1. The molecule has 1 atom stereocenters. The first-order valence-electron chi connectivity index (χ1n) is 10.5. The van der Waals surface area contributed by atoms with E-state index in [2.05, 4.69) is 34.5 Å². The molecule has 2 heterocycles. The first kappa shape index (κ1) is 22.1. The molecule has 1 fully saturated rings. The van der Waals surface area contributed by atoms with Gasteiger partial charge in [-0.1, -0.05) is 30.3 Å². The lowest BCUT2D eigenvalue weighted by Crippen LogP contribution is -2.33. The first-order chi connectivity index (χ1) is 15.6. The summed E-state index contributed by atoms with van der Waals surface area (Å²) in [5.41, 5.74) is 3.19. The molecule has 1 unspecified atom stereocenters. The Kier molecular flexibility index (Phi) is 6.90. The molecular formula is C24H27N3O4S. The standard InChI is InChI=1S/C24H27N3O4S/c1-29-20-13-17(14-21(30-2)23(20)31-3)18-15-19(26-25-18)24(28)27-10-9-22(32-12-11-27)16-7-5-4-6-8-16/h4-8,13-15,22H,9-12H2,1-3H3,(H,25,26). The van der Waals surface area contributed by atoms with Gasteiger partial charge in [0.25, 0.3) is 5.91 Å². The summed E-state index contributed by atoms with van der Waals surface area (Å²) >= 11 is 1.91. The average molecular weight is 454 g/mol. The summed E-state index contributed by atoms with van der Waals surface area (Å²) in [6.07, 6.45) is 0.925. The van der Waals surface area contributed by atoms with Gasteiger partial charge in [-0.3, -0.25) is 9.89 Å². The van der Waals surface area contributed by atoms with E-state index < -0.39 is 0 Å². The lowest BCUT2D eigenvalue weighted by atomic mass is 10.1. The fourth-order valence-corrected chi connectivity index (χ4v) is 5.12. The van der Waals surface area contributed by atoms with Gasteiger partial charge in [0.2, 0.25) is 5.75 Å². The van der Waals surface area contributed by atoms with Gasteiger partial charge >= 0.3 is 0 Å². The van der Waals surface area contributed by atoms with Gasteiger partial charge in [0.05, 0.1) is 27.0 Å². The number of carbonyl (C=O) groups excluding carboxylic acids is 1. The Balaban J connectivity index is 1.51. The van der Waals surface area contributed by atoms with E-state index in [1.165, 1.54) is 5.56 Å². The zero-order chi connectivity index (χ0) is 22.5. The minimum atomic E-state index is -0.0366. The Morgan fingerprint density at radius 3 is 2.41 bits per heavy atom. The molecule has 2 aromatic carbocycles. The molecule has 0 saturated carbocycles. The quantitative estimate of drug-likeness (QED) is 0.595. The number of H-pyrrole nitrogens is 1. The predicted octanol–water partition coefficient (Wildman–Crippen LogP) is 4.42. The van der Waals surface area contributed by atoms with Gasteiger partial charge in [-0.05, 0) is 30.2 Å². The van der Waals surface area contributed by atoms with Crippen LogP contribution in [0.5, 0.6) is 17.2 Å². The third-order valence-electron chi connectivity index (χ3n) is 5.57. The van der Waals surface area contributed by atoms with Gasteiger partial charge in [0.15, 0.2) is 11.5 Å². The minimum absolute atomic E-state index is 0.0366. The molecule has 1 N–H and O–H groups in total. The van der Waals surface area contributed by atoms with Crippen molar-refractivity contribution < 1.29 is 19.0 Å². The number of hydrogen-bond acceptors (Lipinski definition) is 6. The SMILES string of the molecule is COc1cc(-c2cc(C(=O)N3CCSC(c4ccccc4)CC3)[nH]n2)cc(OC)c1OC. The number of aromatic amines is 1. The van der Waals surface area contributed by atoms with Crippen LogP contribution < -0.4 is 14.2 Å². The lowest BCUT2D eigenvalue weighted by Gasteiger charge is -2.19. The van der Waals surface area contributed by atoms with Crippen molar-refractivity contribution in [2.24, 2.45) is 0 Å². The summed E-state index contributed by atoms with van der Waals surface area (Å²) in [5, 5.41) is 7.68. The van der Waals surface area contributed by atoms with Crippen LogP contribution in [-0.2, 0) is 0 Å². The monoisotopic (exact) mass is 453 g/mol. The van der Waals surface area contributed by atoms with Crippen LogP contribution in [-0.4, -0.2) is 61.2 Å². The first-order valence-corrected chi connectivity index (χ1v) is 11.5. The minimum Gasteiger partial charge on any atom is -0.493 e. The molecule has 0 spiro atoms. The maximum atomic E-state index is 13.2. The van der Waals surface area contributed by atoms with Crippen molar-refractivity contribution in [3.63, 3.8) is 0 Å². The molecule has 1 saturated heterocycles. The highest BCUT2D eigenvalue weighted by Crippen LogP contribution is 2.41. The van der Waals surface area contributed by atoms with Crippen molar-refractivity contribution in [2.45, 2.75) is 11.7 Å². The number of methoxy groups -OCH3 is 3. The van der Waals surface area contributed by atoms with Crippen LogP contribution in [0.2, 0.25) is 0 Å². The highest BCUT2D eigenvalue weighted by molar-refractivity contribution is 7.99. The van der Waals surface area contributed by atoms with Gasteiger partial charge in [-0.2, -0.15) is 16.9 Å². The van der Waals surface area contributed by atoms with E-state index in [4.69, 9.17) is 14.2 Å². The largest absolute Gasteiger partial charge is 0.493 e. The fourth-order valence-electron chi connectivity index (χ4n) is 3.89. The second kappa shape index (κ2) is 9.99. The molecule has 168 valence electrons. The van der Waals surface area contributed by atoms with Crippen LogP contribution in [0.1, 0.15) is 27.7 Å². The number of nitrogens with one attached hydrogen (secondary N) is 1. The summed E-state index contributed by atoms with van der Waals surface area (Å²) < 4.78 is 16.2. The molecule has 3 aromatic rings. The van der Waals surface area contributed by atoms with Crippen molar-refractivity contribution in [1.82, 2.24) is 15.1 Å². The molecule has 7 nitrogen and oxygen atoms in total. The molecule has 32 heavy (non-hydrogen) atoms. The molecule has 1 amide bonds. The number of benzene rings is 2. The molecule has 4 rings (SSSR count). The predicted molar refractivity (Wildman–Crippen MR) is 126 cm³/mol.